The first-order chi connectivity index (χ1) is 11.3. The minimum Gasteiger partial charge on any atom is -0.490 e. The highest BCUT2D eigenvalue weighted by Crippen LogP contribution is 2.32. The third kappa shape index (κ3) is 4.73. The normalized spacial score (nSPS) is 15.9. The van der Waals surface area contributed by atoms with E-state index in [1.54, 1.807) is 4.90 Å². The van der Waals surface area contributed by atoms with Gasteiger partial charge in [-0.05, 0) is 17.0 Å². The molecule has 1 aliphatic rings. The summed E-state index contributed by atoms with van der Waals surface area (Å²) in [5.74, 6) is 0.261. The van der Waals surface area contributed by atoms with Gasteiger partial charge in [-0.1, -0.05) is 39.0 Å². The van der Waals surface area contributed by atoms with Crippen LogP contribution in [0.15, 0.2) is 24.3 Å². The number of para-hydroxylation sites is 1. The van der Waals surface area contributed by atoms with E-state index in [-0.39, 0.29) is 23.8 Å². The molecule has 1 amide bonds. The van der Waals surface area contributed by atoms with Crippen LogP contribution >= 0.6 is 0 Å². The minimum atomic E-state index is -0.488. The Labute approximate surface area is 143 Å². The van der Waals surface area contributed by atoms with Gasteiger partial charge in [0.05, 0.1) is 7.11 Å². The van der Waals surface area contributed by atoms with Gasteiger partial charge in [-0.25, -0.2) is 0 Å². The van der Waals surface area contributed by atoms with Crippen LogP contribution in [-0.2, 0) is 19.7 Å². The number of methoxy groups -OCH3 is 1. The Balaban J connectivity index is 1.92. The van der Waals surface area contributed by atoms with Gasteiger partial charge in [-0.3, -0.25) is 9.59 Å². The molecule has 0 spiro atoms. The summed E-state index contributed by atoms with van der Waals surface area (Å²) in [6.07, 6.45) is 1.45. The molecule has 1 fully saturated rings. The molecule has 0 radical (unpaired) electrons. The van der Waals surface area contributed by atoms with Crippen molar-refractivity contribution in [3.8, 4) is 5.75 Å². The summed E-state index contributed by atoms with van der Waals surface area (Å²) in [7, 11) is 1.29. The van der Waals surface area contributed by atoms with Crippen molar-refractivity contribution in [1.82, 2.24) is 4.90 Å². The monoisotopic (exact) mass is 333 g/mol. The number of carbonyl (C=O) groups excluding carboxylic acids is 2. The number of benzene rings is 1. The van der Waals surface area contributed by atoms with Gasteiger partial charge >= 0.3 is 5.97 Å². The summed E-state index contributed by atoms with van der Waals surface area (Å²) in [5, 5.41) is 0. The van der Waals surface area contributed by atoms with Crippen LogP contribution in [0.25, 0.3) is 0 Å². The Hall–Kier alpha value is -2.04. The summed E-state index contributed by atoms with van der Waals surface area (Å²) < 4.78 is 10.8. The van der Waals surface area contributed by atoms with E-state index in [4.69, 9.17) is 4.74 Å². The molecule has 132 valence electrons. The van der Waals surface area contributed by atoms with Crippen LogP contribution in [0.5, 0.6) is 5.75 Å². The van der Waals surface area contributed by atoms with E-state index < -0.39 is 5.97 Å². The van der Waals surface area contributed by atoms with E-state index in [1.165, 1.54) is 12.7 Å². The number of amides is 1. The summed E-state index contributed by atoms with van der Waals surface area (Å²) >= 11 is 0. The number of esters is 1. The molecule has 0 aromatic heterocycles. The highest BCUT2D eigenvalue weighted by Gasteiger charge is 2.27. The van der Waals surface area contributed by atoms with Gasteiger partial charge in [-0.15, -0.1) is 0 Å². The van der Waals surface area contributed by atoms with Crippen LogP contribution in [0.1, 0.15) is 45.6 Å². The molecule has 5 heteroatoms. The standard InChI is InChI=1S/C19H27NO4/c1-19(2,3)15-7-5-6-8-16(15)24-14-9-11-20(12-10-14)17(21)13-18(22)23-4/h5-8,14H,9-13H2,1-4H3. The number of piperidine rings is 1. The molecule has 1 aliphatic heterocycles. The fourth-order valence-electron chi connectivity index (χ4n) is 2.90. The Kier molecular flexibility index (Phi) is 5.86. The number of ether oxygens (including phenoxy) is 2. The Morgan fingerprint density at radius 1 is 1.17 bits per heavy atom. The molecule has 1 aromatic carbocycles. The molecule has 0 atom stereocenters. The lowest BCUT2D eigenvalue weighted by Gasteiger charge is -2.33. The zero-order valence-electron chi connectivity index (χ0n) is 15.0. The number of carbonyl (C=O) groups is 2. The molecule has 0 unspecified atom stereocenters. The Morgan fingerprint density at radius 3 is 2.38 bits per heavy atom. The van der Waals surface area contributed by atoms with E-state index in [0.29, 0.717) is 13.1 Å². The van der Waals surface area contributed by atoms with Crippen molar-refractivity contribution in [3.63, 3.8) is 0 Å². The van der Waals surface area contributed by atoms with E-state index in [1.807, 2.05) is 18.2 Å². The van der Waals surface area contributed by atoms with Crippen LogP contribution < -0.4 is 4.74 Å². The maximum absolute atomic E-state index is 12.0. The molecule has 1 aromatic rings. The first-order valence-corrected chi connectivity index (χ1v) is 8.42. The van der Waals surface area contributed by atoms with Crippen molar-refractivity contribution in [2.45, 2.75) is 51.6 Å². The van der Waals surface area contributed by atoms with E-state index >= 15 is 0 Å². The molecule has 0 aliphatic carbocycles. The lowest BCUT2D eigenvalue weighted by molar-refractivity contribution is -0.147. The van der Waals surface area contributed by atoms with Crippen molar-refractivity contribution >= 4 is 11.9 Å². The average molecular weight is 333 g/mol. The molecule has 24 heavy (non-hydrogen) atoms. The number of rotatable bonds is 4. The van der Waals surface area contributed by atoms with Crippen molar-refractivity contribution in [1.29, 1.82) is 0 Å². The highest BCUT2D eigenvalue weighted by molar-refractivity contribution is 5.94. The van der Waals surface area contributed by atoms with Crippen LogP contribution in [0.3, 0.4) is 0 Å². The minimum absolute atomic E-state index is 0.0216. The second-order valence-corrected chi connectivity index (χ2v) is 7.20. The molecule has 0 bridgehead atoms. The topological polar surface area (TPSA) is 55.8 Å². The van der Waals surface area contributed by atoms with Gasteiger partial charge < -0.3 is 14.4 Å². The Morgan fingerprint density at radius 2 is 1.79 bits per heavy atom. The summed E-state index contributed by atoms with van der Waals surface area (Å²) in [5.41, 5.74) is 1.21. The second kappa shape index (κ2) is 7.69. The van der Waals surface area contributed by atoms with Crippen molar-refractivity contribution in [2.24, 2.45) is 0 Å². The Bertz CT molecular complexity index is 583. The third-order valence-corrected chi connectivity index (χ3v) is 4.31. The largest absolute Gasteiger partial charge is 0.490 e. The predicted molar refractivity (Wildman–Crippen MR) is 92.0 cm³/mol. The summed E-state index contributed by atoms with van der Waals surface area (Å²) in [6.45, 7) is 7.73. The molecular formula is C19H27NO4. The van der Waals surface area contributed by atoms with Crippen LogP contribution in [0.2, 0.25) is 0 Å². The van der Waals surface area contributed by atoms with Crippen LogP contribution in [0, 0.1) is 0 Å². The number of hydrogen-bond acceptors (Lipinski definition) is 4. The van der Waals surface area contributed by atoms with Crippen molar-refractivity contribution < 1.29 is 19.1 Å². The molecule has 0 saturated carbocycles. The second-order valence-electron chi connectivity index (χ2n) is 7.20. The van der Waals surface area contributed by atoms with Gasteiger partial charge in [-0.2, -0.15) is 0 Å². The lowest BCUT2D eigenvalue weighted by atomic mass is 9.86. The first kappa shape index (κ1) is 18.3. The molecule has 2 rings (SSSR count). The zero-order chi connectivity index (χ0) is 17.7. The van der Waals surface area contributed by atoms with E-state index in [2.05, 4.69) is 31.6 Å². The summed E-state index contributed by atoms with van der Waals surface area (Å²) in [4.78, 5) is 24.9. The molecule has 5 nitrogen and oxygen atoms in total. The number of nitrogens with zero attached hydrogens (tertiary/aromatic N) is 1. The lowest BCUT2D eigenvalue weighted by Crippen LogP contribution is -2.42. The average Bonchev–Trinajstić information content (AvgIpc) is 2.55. The van der Waals surface area contributed by atoms with Gasteiger partial charge in [0.1, 0.15) is 18.3 Å². The maximum Gasteiger partial charge on any atom is 0.315 e. The van der Waals surface area contributed by atoms with E-state index in [9.17, 15) is 9.59 Å². The van der Waals surface area contributed by atoms with Gasteiger partial charge in [0.15, 0.2) is 0 Å². The highest BCUT2D eigenvalue weighted by atomic mass is 16.5. The zero-order valence-corrected chi connectivity index (χ0v) is 15.0. The van der Waals surface area contributed by atoms with Crippen molar-refractivity contribution in [3.05, 3.63) is 29.8 Å². The SMILES string of the molecule is COC(=O)CC(=O)N1CCC(Oc2ccccc2C(C)(C)C)CC1. The quantitative estimate of drug-likeness (QED) is 0.628. The van der Waals surface area contributed by atoms with Gasteiger partial charge in [0.25, 0.3) is 0 Å². The fraction of sp³-hybridized carbons (Fsp3) is 0.579. The molecule has 1 saturated heterocycles. The van der Waals surface area contributed by atoms with Gasteiger partial charge in [0, 0.05) is 25.9 Å². The maximum atomic E-state index is 12.0. The molecule has 1 heterocycles. The van der Waals surface area contributed by atoms with Crippen LogP contribution in [0.4, 0.5) is 0 Å². The summed E-state index contributed by atoms with van der Waals surface area (Å²) in [6, 6.07) is 8.13. The smallest absolute Gasteiger partial charge is 0.315 e. The predicted octanol–water partition coefficient (Wildman–Crippen LogP) is 2.92. The molecular weight excluding hydrogens is 306 g/mol. The molecule has 0 N–H and O–H groups in total. The van der Waals surface area contributed by atoms with E-state index in [0.717, 1.165) is 18.6 Å². The third-order valence-electron chi connectivity index (χ3n) is 4.31. The number of hydrogen-bond donors (Lipinski definition) is 0. The van der Waals surface area contributed by atoms with Crippen molar-refractivity contribution in [2.75, 3.05) is 20.2 Å². The van der Waals surface area contributed by atoms with Crippen LogP contribution in [-0.4, -0.2) is 43.1 Å². The van der Waals surface area contributed by atoms with Gasteiger partial charge in [0.2, 0.25) is 5.91 Å². The first-order valence-electron chi connectivity index (χ1n) is 8.42. The number of likely N-dealkylation sites (tertiary alicyclic amines) is 1. The fourth-order valence-corrected chi connectivity index (χ4v) is 2.90.